The molecule has 0 saturated heterocycles. The number of carbonyl (C=O) groups is 1. The van der Waals surface area contributed by atoms with E-state index in [4.69, 9.17) is 25.6 Å². The van der Waals surface area contributed by atoms with Crippen LogP contribution in [0.1, 0.15) is 49.8 Å². The fourth-order valence-corrected chi connectivity index (χ4v) is 4.35. The first-order chi connectivity index (χ1) is 13.1. The van der Waals surface area contributed by atoms with Crippen molar-refractivity contribution < 1.29 is 18.8 Å². The van der Waals surface area contributed by atoms with Gasteiger partial charge in [-0.25, -0.2) is 4.98 Å². The molecule has 2 aromatic rings. The Morgan fingerprint density at radius 1 is 1.19 bits per heavy atom. The maximum Gasteiger partial charge on any atom is 0.218 e. The molecule has 144 valence electrons. The molecule has 0 N–H and O–H groups in total. The van der Waals surface area contributed by atoms with Gasteiger partial charge in [0.2, 0.25) is 5.88 Å². The van der Waals surface area contributed by atoms with Crippen LogP contribution in [0.15, 0.2) is 10.6 Å². The van der Waals surface area contributed by atoms with Gasteiger partial charge in [0.25, 0.3) is 0 Å². The van der Waals surface area contributed by atoms with E-state index in [0.717, 1.165) is 44.1 Å². The lowest BCUT2D eigenvalue weighted by Gasteiger charge is -2.36. The van der Waals surface area contributed by atoms with Gasteiger partial charge in [-0.15, -0.1) is 0 Å². The minimum atomic E-state index is -0.520. The number of nitrogens with zero attached hydrogens (tertiary/aromatic N) is 3. The van der Waals surface area contributed by atoms with E-state index in [2.05, 4.69) is 15.1 Å². The Morgan fingerprint density at radius 2 is 2.04 bits per heavy atom. The summed E-state index contributed by atoms with van der Waals surface area (Å²) in [5.41, 5.74) is 0.969. The standard InChI is InChI=1S/C19H22ClN3O4/c1-25-9-10-26-15-11-14(20)21-18(22-15)16-12-5-4-8-19(17(12)27-23-16)7-3-2-6-13(19)24/h11H,2-10H2,1H3/t19-/m1/s1. The van der Waals surface area contributed by atoms with Gasteiger partial charge in [-0.05, 0) is 32.1 Å². The van der Waals surface area contributed by atoms with Crippen LogP contribution in [0.25, 0.3) is 11.5 Å². The largest absolute Gasteiger partial charge is 0.475 e. The first-order valence-corrected chi connectivity index (χ1v) is 9.71. The Balaban J connectivity index is 1.70. The third-order valence-electron chi connectivity index (χ3n) is 5.46. The average Bonchev–Trinajstić information content (AvgIpc) is 3.10. The van der Waals surface area contributed by atoms with Crippen LogP contribution in [0.2, 0.25) is 5.15 Å². The van der Waals surface area contributed by atoms with Crippen LogP contribution in [-0.2, 0) is 21.4 Å². The topological polar surface area (TPSA) is 87.3 Å². The number of aromatic nitrogens is 3. The fraction of sp³-hybridized carbons (Fsp3) is 0.579. The molecule has 0 amide bonds. The van der Waals surface area contributed by atoms with Crippen molar-refractivity contribution in [2.75, 3.05) is 20.3 Å². The van der Waals surface area contributed by atoms with E-state index in [9.17, 15) is 4.79 Å². The summed E-state index contributed by atoms with van der Waals surface area (Å²) < 4.78 is 16.3. The number of ether oxygens (including phenoxy) is 2. The van der Waals surface area contributed by atoms with Gasteiger partial charge in [0.05, 0.1) is 12.0 Å². The highest BCUT2D eigenvalue weighted by Crippen LogP contribution is 2.47. The van der Waals surface area contributed by atoms with E-state index < -0.39 is 5.41 Å². The number of ketones is 1. The summed E-state index contributed by atoms with van der Waals surface area (Å²) >= 11 is 6.15. The zero-order valence-electron chi connectivity index (χ0n) is 15.3. The maximum absolute atomic E-state index is 12.8. The number of hydrogen-bond acceptors (Lipinski definition) is 7. The zero-order valence-corrected chi connectivity index (χ0v) is 16.0. The van der Waals surface area contributed by atoms with Crippen molar-refractivity contribution in [2.45, 2.75) is 50.4 Å². The predicted octanol–water partition coefficient (Wildman–Crippen LogP) is 3.53. The normalized spacial score (nSPS) is 22.1. The second-order valence-electron chi connectivity index (χ2n) is 7.10. The maximum atomic E-state index is 12.8. The van der Waals surface area contributed by atoms with Crippen LogP contribution in [0.4, 0.5) is 0 Å². The highest BCUT2D eigenvalue weighted by Gasteiger charge is 2.48. The summed E-state index contributed by atoms with van der Waals surface area (Å²) in [6.07, 6.45) is 5.97. The number of carbonyl (C=O) groups excluding carboxylic acids is 1. The third-order valence-corrected chi connectivity index (χ3v) is 5.66. The summed E-state index contributed by atoms with van der Waals surface area (Å²) in [7, 11) is 1.60. The molecule has 0 aromatic carbocycles. The average molecular weight is 392 g/mol. The summed E-state index contributed by atoms with van der Waals surface area (Å²) in [6, 6.07) is 1.55. The van der Waals surface area contributed by atoms with Crippen LogP contribution in [0.3, 0.4) is 0 Å². The molecule has 2 aliphatic rings. The van der Waals surface area contributed by atoms with Crippen LogP contribution in [0.5, 0.6) is 5.88 Å². The second-order valence-corrected chi connectivity index (χ2v) is 7.49. The molecular formula is C19H22ClN3O4. The van der Waals surface area contributed by atoms with E-state index >= 15 is 0 Å². The molecule has 27 heavy (non-hydrogen) atoms. The van der Waals surface area contributed by atoms with Crippen LogP contribution >= 0.6 is 11.6 Å². The molecule has 4 rings (SSSR count). The van der Waals surface area contributed by atoms with Gasteiger partial charge in [-0.2, -0.15) is 4.98 Å². The number of methoxy groups -OCH3 is 1. The molecule has 0 bridgehead atoms. The molecule has 1 spiro atoms. The molecular weight excluding hydrogens is 370 g/mol. The van der Waals surface area contributed by atoms with Crippen LogP contribution in [0, 0.1) is 0 Å². The van der Waals surface area contributed by atoms with E-state index in [1.54, 1.807) is 13.2 Å². The molecule has 2 aromatic heterocycles. The summed E-state index contributed by atoms with van der Waals surface area (Å²) in [5.74, 6) is 1.70. The first-order valence-electron chi connectivity index (χ1n) is 9.33. The van der Waals surface area contributed by atoms with Gasteiger partial charge < -0.3 is 14.0 Å². The lowest BCUT2D eigenvalue weighted by molar-refractivity contribution is -0.128. The highest BCUT2D eigenvalue weighted by atomic mass is 35.5. The van der Waals surface area contributed by atoms with E-state index in [0.29, 0.717) is 42.8 Å². The Kier molecular flexibility index (Phi) is 5.14. The number of Topliss-reactive ketones (excluding diaryl/α,β-unsaturated/α-hetero) is 1. The number of fused-ring (bicyclic) bond motifs is 2. The van der Waals surface area contributed by atoms with E-state index in [-0.39, 0.29) is 10.9 Å². The van der Waals surface area contributed by atoms with Crippen molar-refractivity contribution in [2.24, 2.45) is 0 Å². The number of rotatable bonds is 5. The molecule has 7 nitrogen and oxygen atoms in total. The second kappa shape index (κ2) is 7.56. The minimum Gasteiger partial charge on any atom is -0.475 e. The molecule has 0 unspecified atom stereocenters. The van der Waals surface area contributed by atoms with Crippen molar-refractivity contribution in [3.8, 4) is 17.4 Å². The summed E-state index contributed by atoms with van der Waals surface area (Å²) in [6.45, 7) is 0.804. The zero-order chi connectivity index (χ0) is 18.9. The minimum absolute atomic E-state index is 0.267. The molecule has 0 radical (unpaired) electrons. The van der Waals surface area contributed by atoms with Crippen molar-refractivity contribution >= 4 is 17.4 Å². The van der Waals surface area contributed by atoms with E-state index in [1.807, 2.05) is 0 Å². The van der Waals surface area contributed by atoms with Gasteiger partial charge >= 0.3 is 0 Å². The van der Waals surface area contributed by atoms with Crippen molar-refractivity contribution in [3.63, 3.8) is 0 Å². The summed E-state index contributed by atoms with van der Waals surface area (Å²) in [5, 5.41) is 4.51. The highest BCUT2D eigenvalue weighted by molar-refractivity contribution is 6.29. The van der Waals surface area contributed by atoms with Gasteiger partial charge in [-0.1, -0.05) is 23.2 Å². The summed E-state index contributed by atoms with van der Waals surface area (Å²) in [4.78, 5) is 21.5. The first kappa shape index (κ1) is 18.4. The predicted molar refractivity (Wildman–Crippen MR) is 98.0 cm³/mol. The quantitative estimate of drug-likeness (QED) is 0.569. The Morgan fingerprint density at radius 3 is 2.85 bits per heavy atom. The van der Waals surface area contributed by atoms with Crippen LogP contribution < -0.4 is 4.74 Å². The van der Waals surface area contributed by atoms with Crippen LogP contribution in [-0.4, -0.2) is 41.2 Å². The molecule has 2 heterocycles. The molecule has 2 aliphatic carbocycles. The number of halogens is 1. The molecule has 1 saturated carbocycles. The SMILES string of the molecule is COCCOc1cc(Cl)nc(-c2noc3c2CCC[C@@]32CCCCC2=O)n1. The lowest BCUT2D eigenvalue weighted by Crippen LogP contribution is -2.41. The Bertz CT molecular complexity index is 853. The lowest BCUT2D eigenvalue weighted by atomic mass is 9.64. The Labute approximate surface area is 162 Å². The van der Waals surface area contributed by atoms with Gasteiger partial charge in [0.15, 0.2) is 17.3 Å². The van der Waals surface area contributed by atoms with Crippen molar-refractivity contribution in [3.05, 3.63) is 22.5 Å². The Hall–Kier alpha value is -1.99. The van der Waals surface area contributed by atoms with Crippen molar-refractivity contribution in [1.82, 2.24) is 15.1 Å². The van der Waals surface area contributed by atoms with E-state index in [1.165, 1.54) is 0 Å². The van der Waals surface area contributed by atoms with Gasteiger partial charge in [-0.3, -0.25) is 4.79 Å². The smallest absolute Gasteiger partial charge is 0.218 e. The number of hydrogen-bond donors (Lipinski definition) is 0. The molecule has 1 fully saturated rings. The molecule has 8 heteroatoms. The monoisotopic (exact) mass is 391 g/mol. The van der Waals surface area contributed by atoms with Gasteiger partial charge in [0, 0.05) is 25.2 Å². The van der Waals surface area contributed by atoms with Crippen molar-refractivity contribution in [1.29, 1.82) is 0 Å². The third kappa shape index (κ3) is 3.34. The molecule has 0 aliphatic heterocycles. The fourth-order valence-electron chi connectivity index (χ4n) is 4.18. The van der Waals surface area contributed by atoms with Gasteiger partial charge in [0.1, 0.15) is 17.5 Å². The molecule has 1 atom stereocenters.